The van der Waals surface area contributed by atoms with E-state index in [-0.39, 0.29) is 5.41 Å². The molecular formula is C66H45NO. The van der Waals surface area contributed by atoms with Crippen molar-refractivity contribution in [2.45, 2.75) is 37.0 Å². The van der Waals surface area contributed by atoms with Crippen molar-refractivity contribution in [2.75, 3.05) is 4.90 Å². The van der Waals surface area contributed by atoms with Gasteiger partial charge in [-0.25, -0.2) is 0 Å². The molecule has 0 saturated carbocycles. The molecule has 0 fully saturated rings. The van der Waals surface area contributed by atoms with Gasteiger partial charge in [0.1, 0.15) is 11.2 Å². The highest BCUT2D eigenvalue weighted by Crippen LogP contribution is 2.64. The third-order valence-corrected chi connectivity index (χ3v) is 16.5. The van der Waals surface area contributed by atoms with Crippen LogP contribution in [0, 0.1) is 0 Å². The van der Waals surface area contributed by atoms with E-state index in [0.717, 1.165) is 44.6 Å². The van der Waals surface area contributed by atoms with Crippen LogP contribution in [0.15, 0.2) is 223 Å². The Labute approximate surface area is 396 Å². The van der Waals surface area contributed by atoms with Gasteiger partial charge < -0.3 is 9.32 Å². The van der Waals surface area contributed by atoms with Crippen molar-refractivity contribution < 1.29 is 4.42 Å². The highest BCUT2D eigenvalue weighted by molar-refractivity contribution is 6.09. The summed E-state index contributed by atoms with van der Waals surface area (Å²) < 4.78 is 7.07. The predicted molar refractivity (Wildman–Crippen MR) is 280 cm³/mol. The Morgan fingerprint density at radius 1 is 0.309 bits per heavy atom. The van der Waals surface area contributed by atoms with Crippen LogP contribution in [0.3, 0.4) is 0 Å². The number of furan rings is 1. The molecule has 10 aromatic carbocycles. The predicted octanol–water partition coefficient (Wildman–Crippen LogP) is 17.0. The third kappa shape index (κ3) is 4.62. The van der Waals surface area contributed by atoms with Crippen molar-refractivity contribution in [3.05, 3.63) is 268 Å². The number of hydrogen-bond donors (Lipinski definition) is 0. The van der Waals surface area contributed by atoms with Crippen LogP contribution in [0.25, 0.3) is 66.4 Å². The lowest BCUT2D eigenvalue weighted by Gasteiger charge is -2.33. The molecule has 0 bridgehead atoms. The van der Waals surface area contributed by atoms with E-state index in [0.29, 0.717) is 0 Å². The maximum Gasteiger partial charge on any atom is 0.140 e. The molecule has 68 heavy (non-hydrogen) atoms. The molecule has 2 nitrogen and oxygen atoms in total. The first-order chi connectivity index (χ1) is 33.4. The van der Waals surface area contributed by atoms with Gasteiger partial charge in [-0.3, -0.25) is 0 Å². The Morgan fingerprint density at radius 3 is 1.26 bits per heavy atom. The number of para-hydroxylation sites is 1. The summed E-state index contributed by atoms with van der Waals surface area (Å²) in [6, 6.07) is 82.1. The quantitative estimate of drug-likeness (QED) is 0.175. The summed E-state index contributed by atoms with van der Waals surface area (Å²) in [4.78, 5) is 2.55. The fourth-order valence-corrected chi connectivity index (χ4v) is 13.6. The van der Waals surface area contributed by atoms with Crippen molar-refractivity contribution in [3.63, 3.8) is 0 Å². The van der Waals surface area contributed by atoms with E-state index < -0.39 is 10.8 Å². The van der Waals surface area contributed by atoms with E-state index in [9.17, 15) is 0 Å². The van der Waals surface area contributed by atoms with Crippen LogP contribution in [0.1, 0.15) is 70.8 Å². The molecule has 0 saturated heterocycles. The fraction of sp³-hybridized carbons (Fsp3) is 0.0909. The molecule has 0 unspecified atom stereocenters. The van der Waals surface area contributed by atoms with Gasteiger partial charge in [-0.05, 0) is 138 Å². The van der Waals surface area contributed by atoms with Gasteiger partial charge in [-0.2, -0.15) is 0 Å². The van der Waals surface area contributed by atoms with E-state index in [2.05, 4.69) is 244 Å². The summed E-state index contributed by atoms with van der Waals surface area (Å²) >= 11 is 0. The smallest absolute Gasteiger partial charge is 0.140 e. The Balaban J connectivity index is 1.05. The van der Waals surface area contributed by atoms with Crippen LogP contribution in [-0.2, 0) is 16.2 Å². The van der Waals surface area contributed by atoms with Gasteiger partial charge in [-0.1, -0.05) is 190 Å². The highest BCUT2D eigenvalue weighted by atomic mass is 16.3. The molecule has 4 aliphatic carbocycles. The zero-order valence-electron chi connectivity index (χ0n) is 38.1. The van der Waals surface area contributed by atoms with Crippen LogP contribution in [-0.4, -0.2) is 0 Å². The number of rotatable bonds is 4. The van der Waals surface area contributed by atoms with Gasteiger partial charge >= 0.3 is 0 Å². The minimum atomic E-state index is -0.510. The van der Waals surface area contributed by atoms with Gasteiger partial charge in [-0.15, -0.1) is 0 Å². The SMILES string of the molecule is CC1(C)c2ccccc2-c2ccc(N(c3ccc4c(c3)C3(c5ccccc5-c5ccccc53)c3ccccc3-4)c3cc(C4(C)c5ccccc5-c5ccccc54)c4oc5ccccc5c4c3)cc21. The minimum Gasteiger partial charge on any atom is -0.456 e. The Kier molecular flexibility index (Phi) is 7.39. The van der Waals surface area contributed by atoms with E-state index in [1.165, 1.54) is 89.0 Å². The number of anilines is 3. The second-order valence-corrected chi connectivity index (χ2v) is 20.0. The lowest BCUT2D eigenvalue weighted by atomic mass is 9.70. The molecule has 0 N–H and O–H groups in total. The van der Waals surface area contributed by atoms with Crippen LogP contribution < -0.4 is 4.90 Å². The molecule has 1 heterocycles. The monoisotopic (exact) mass is 867 g/mol. The Bertz CT molecular complexity index is 3880. The zero-order valence-corrected chi connectivity index (χ0v) is 38.1. The third-order valence-electron chi connectivity index (χ3n) is 16.5. The molecule has 1 spiro atoms. The molecule has 0 amide bonds. The van der Waals surface area contributed by atoms with Crippen molar-refractivity contribution in [1.82, 2.24) is 0 Å². The van der Waals surface area contributed by atoms with Crippen molar-refractivity contribution >= 4 is 39.0 Å². The zero-order chi connectivity index (χ0) is 45.1. The second-order valence-electron chi connectivity index (χ2n) is 20.0. The van der Waals surface area contributed by atoms with Gasteiger partial charge in [0, 0.05) is 44.2 Å². The average Bonchev–Trinajstić information content (AvgIpc) is 4.13. The Hall–Kier alpha value is -8.20. The van der Waals surface area contributed by atoms with E-state index in [1.54, 1.807) is 0 Å². The van der Waals surface area contributed by atoms with E-state index >= 15 is 0 Å². The van der Waals surface area contributed by atoms with E-state index in [4.69, 9.17) is 4.42 Å². The molecule has 320 valence electrons. The molecule has 1 aromatic heterocycles. The topological polar surface area (TPSA) is 16.4 Å². The summed E-state index contributed by atoms with van der Waals surface area (Å²) in [7, 11) is 0. The van der Waals surface area contributed by atoms with Gasteiger partial charge in [0.2, 0.25) is 0 Å². The number of benzene rings is 10. The van der Waals surface area contributed by atoms with Crippen LogP contribution >= 0.6 is 0 Å². The largest absolute Gasteiger partial charge is 0.456 e. The van der Waals surface area contributed by atoms with Gasteiger partial charge in [0.15, 0.2) is 0 Å². The molecule has 0 atom stereocenters. The average molecular weight is 868 g/mol. The molecule has 0 aliphatic heterocycles. The molecular weight excluding hydrogens is 823 g/mol. The minimum absolute atomic E-state index is 0.185. The first-order valence-corrected chi connectivity index (χ1v) is 24.0. The maximum atomic E-state index is 7.07. The van der Waals surface area contributed by atoms with Crippen molar-refractivity contribution in [1.29, 1.82) is 0 Å². The molecule has 11 aromatic rings. The summed E-state index contributed by atoms with van der Waals surface area (Å²) in [6.45, 7) is 7.18. The highest BCUT2D eigenvalue weighted by Gasteiger charge is 2.52. The fourth-order valence-electron chi connectivity index (χ4n) is 13.6. The first-order valence-electron chi connectivity index (χ1n) is 24.0. The number of hydrogen-bond acceptors (Lipinski definition) is 2. The molecule has 15 rings (SSSR count). The van der Waals surface area contributed by atoms with Crippen LogP contribution in [0.5, 0.6) is 0 Å². The number of nitrogens with zero attached hydrogens (tertiary/aromatic N) is 1. The molecule has 4 aliphatic rings. The van der Waals surface area contributed by atoms with Crippen molar-refractivity contribution in [3.8, 4) is 44.5 Å². The normalized spacial score (nSPS) is 15.3. The maximum absolute atomic E-state index is 7.07. The second kappa shape index (κ2) is 13.2. The summed E-state index contributed by atoms with van der Waals surface area (Å²) in [5.41, 5.74) is 26.1. The van der Waals surface area contributed by atoms with Gasteiger partial charge in [0.25, 0.3) is 0 Å². The molecule has 2 heteroatoms. The molecule has 0 radical (unpaired) electrons. The standard InChI is InChI=1S/C66H45NO/c1-64(2)53-25-11-4-18-43(53)49-34-32-40(37-59(49)64)67(41-33-35-50-48-23-9-16-30-58(48)66(60(50)38-41)56-28-14-7-21-46(56)47-22-8-15-29-57(47)66)42-36-52-51-24-10-17-31-62(51)68-63(52)61(39-42)65(3)54-26-12-5-19-44(54)45-20-6-13-27-55(45)65/h4-39H,1-3H3. The lowest BCUT2D eigenvalue weighted by molar-refractivity contribution is 0.638. The summed E-state index contributed by atoms with van der Waals surface area (Å²) in [6.07, 6.45) is 0. The summed E-state index contributed by atoms with van der Waals surface area (Å²) in [5.74, 6) is 0. The van der Waals surface area contributed by atoms with E-state index in [1.807, 2.05) is 0 Å². The first kappa shape index (κ1) is 38.0. The van der Waals surface area contributed by atoms with Crippen LogP contribution in [0.2, 0.25) is 0 Å². The van der Waals surface area contributed by atoms with Crippen LogP contribution in [0.4, 0.5) is 17.1 Å². The Morgan fingerprint density at radius 2 is 0.706 bits per heavy atom. The van der Waals surface area contributed by atoms with Crippen molar-refractivity contribution in [2.24, 2.45) is 0 Å². The lowest BCUT2D eigenvalue weighted by Crippen LogP contribution is -2.26. The van der Waals surface area contributed by atoms with Gasteiger partial charge in [0.05, 0.1) is 5.41 Å². The summed E-state index contributed by atoms with van der Waals surface area (Å²) in [5, 5.41) is 2.22. The number of fused-ring (bicyclic) bond motifs is 19.